The molecule has 0 radical (unpaired) electrons. The summed E-state index contributed by atoms with van der Waals surface area (Å²) in [6, 6.07) is 6.23. The SMILES string of the molecule is CC.Cc1cccc(C2(C)OCCO2)c1C. The van der Waals surface area contributed by atoms with Crippen LogP contribution in [0.2, 0.25) is 0 Å². The zero-order chi connectivity index (χ0) is 12.2. The first-order valence-corrected chi connectivity index (χ1v) is 5.98. The summed E-state index contributed by atoms with van der Waals surface area (Å²) in [6.45, 7) is 11.6. The molecule has 0 aromatic heterocycles. The number of hydrogen-bond donors (Lipinski definition) is 0. The highest BCUT2D eigenvalue weighted by atomic mass is 16.7. The van der Waals surface area contributed by atoms with Crippen molar-refractivity contribution in [1.82, 2.24) is 0 Å². The zero-order valence-corrected chi connectivity index (χ0v) is 11.0. The van der Waals surface area contributed by atoms with Gasteiger partial charge in [0, 0.05) is 5.56 Å². The third kappa shape index (κ3) is 2.45. The van der Waals surface area contributed by atoms with Gasteiger partial charge in [0.1, 0.15) is 0 Å². The van der Waals surface area contributed by atoms with E-state index in [0.29, 0.717) is 13.2 Å². The lowest BCUT2D eigenvalue weighted by Gasteiger charge is -2.25. The Bertz CT molecular complexity index is 339. The van der Waals surface area contributed by atoms with Crippen LogP contribution in [0.3, 0.4) is 0 Å². The van der Waals surface area contributed by atoms with Crippen LogP contribution in [0.4, 0.5) is 0 Å². The molecule has 2 rings (SSSR count). The van der Waals surface area contributed by atoms with E-state index in [1.807, 2.05) is 26.8 Å². The molecule has 0 saturated carbocycles. The second kappa shape index (κ2) is 5.46. The summed E-state index contributed by atoms with van der Waals surface area (Å²) < 4.78 is 11.3. The van der Waals surface area contributed by atoms with Crippen LogP contribution in [-0.2, 0) is 15.3 Å². The van der Waals surface area contributed by atoms with Crippen LogP contribution in [0.5, 0.6) is 0 Å². The Labute approximate surface area is 98.6 Å². The van der Waals surface area contributed by atoms with Gasteiger partial charge in [0.05, 0.1) is 13.2 Å². The van der Waals surface area contributed by atoms with Crippen LogP contribution >= 0.6 is 0 Å². The second-order valence-corrected chi connectivity index (χ2v) is 3.89. The molecule has 2 nitrogen and oxygen atoms in total. The van der Waals surface area contributed by atoms with Gasteiger partial charge in [0.2, 0.25) is 0 Å². The first kappa shape index (κ1) is 13.2. The van der Waals surface area contributed by atoms with Gasteiger partial charge in [-0.15, -0.1) is 0 Å². The summed E-state index contributed by atoms with van der Waals surface area (Å²) >= 11 is 0. The third-order valence-corrected chi connectivity index (χ3v) is 2.93. The van der Waals surface area contributed by atoms with Crippen molar-refractivity contribution in [3.05, 3.63) is 34.9 Å². The van der Waals surface area contributed by atoms with Crippen LogP contribution < -0.4 is 0 Å². The molecule has 16 heavy (non-hydrogen) atoms. The number of benzene rings is 1. The first-order chi connectivity index (χ1) is 7.63. The van der Waals surface area contributed by atoms with Crippen molar-refractivity contribution in [1.29, 1.82) is 0 Å². The number of hydrogen-bond acceptors (Lipinski definition) is 2. The Balaban J connectivity index is 0.000000606. The Kier molecular flexibility index (Phi) is 4.51. The van der Waals surface area contributed by atoms with Gasteiger partial charge in [0.15, 0.2) is 5.79 Å². The van der Waals surface area contributed by atoms with Gasteiger partial charge >= 0.3 is 0 Å². The maximum atomic E-state index is 5.64. The predicted octanol–water partition coefficient (Wildman–Crippen LogP) is 3.55. The van der Waals surface area contributed by atoms with E-state index >= 15 is 0 Å². The molecule has 1 aliphatic heterocycles. The normalized spacial score (nSPS) is 17.8. The van der Waals surface area contributed by atoms with Crippen LogP contribution in [0.25, 0.3) is 0 Å². The third-order valence-electron chi connectivity index (χ3n) is 2.93. The van der Waals surface area contributed by atoms with Crippen molar-refractivity contribution in [2.75, 3.05) is 13.2 Å². The number of ether oxygens (including phenoxy) is 2. The Morgan fingerprint density at radius 1 is 1.06 bits per heavy atom. The summed E-state index contributed by atoms with van der Waals surface area (Å²) in [4.78, 5) is 0. The van der Waals surface area contributed by atoms with Crippen LogP contribution in [0.15, 0.2) is 18.2 Å². The monoisotopic (exact) mass is 222 g/mol. The lowest BCUT2D eigenvalue weighted by molar-refractivity contribution is -0.150. The summed E-state index contributed by atoms with van der Waals surface area (Å²) in [6.07, 6.45) is 0. The van der Waals surface area contributed by atoms with Crippen molar-refractivity contribution >= 4 is 0 Å². The van der Waals surface area contributed by atoms with E-state index in [-0.39, 0.29) is 0 Å². The zero-order valence-electron chi connectivity index (χ0n) is 11.0. The van der Waals surface area contributed by atoms with Crippen molar-refractivity contribution in [3.63, 3.8) is 0 Å². The molecule has 2 heteroatoms. The highest BCUT2D eigenvalue weighted by molar-refractivity contribution is 5.36. The molecular weight excluding hydrogens is 200 g/mol. The Morgan fingerprint density at radius 3 is 2.19 bits per heavy atom. The van der Waals surface area contributed by atoms with Gasteiger partial charge in [-0.1, -0.05) is 32.0 Å². The lowest BCUT2D eigenvalue weighted by Crippen LogP contribution is -2.23. The molecule has 0 aliphatic carbocycles. The molecule has 1 saturated heterocycles. The second-order valence-electron chi connectivity index (χ2n) is 3.89. The van der Waals surface area contributed by atoms with Crippen molar-refractivity contribution in [3.8, 4) is 0 Å². The van der Waals surface area contributed by atoms with E-state index in [2.05, 4.69) is 26.0 Å². The fraction of sp³-hybridized carbons (Fsp3) is 0.571. The van der Waals surface area contributed by atoms with Crippen molar-refractivity contribution < 1.29 is 9.47 Å². The minimum Gasteiger partial charge on any atom is -0.344 e. The van der Waals surface area contributed by atoms with Crippen molar-refractivity contribution in [2.24, 2.45) is 0 Å². The van der Waals surface area contributed by atoms with E-state index in [4.69, 9.17) is 9.47 Å². The highest BCUT2D eigenvalue weighted by Crippen LogP contribution is 2.33. The quantitative estimate of drug-likeness (QED) is 0.723. The molecule has 0 bridgehead atoms. The summed E-state index contributed by atoms with van der Waals surface area (Å²) in [7, 11) is 0. The average Bonchev–Trinajstić information content (AvgIpc) is 2.73. The van der Waals surface area contributed by atoms with Crippen LogP contribution in [0.1, 0.15) is 37.5 Å². The van der Waals surface area contributed by atoms with Gasteiger partial charge in [0.25, 0.3) is 0 Å². The highest BCUT2D eigenvalue weighted by Gasteiger charge is 2.34. The first-order valence-electron chi connectivity index (χ1n) is 5.98. The largest absolute Gasteiger partial charge is 0.344 e. The molecule has 0 atom stereocenters. The summed E-state index contributed by atoms with van der Waals surface area (Å²) in [5.74, 6) is -0.532. The lowest BCUT2D eigenvalue weighted by atomic mass is 9.98. The van der Waals surface area contributed by atoms with Gasteiger partial charge in [-0.05, 0) is 31.9 Å². The summed E-state index contributed by atoms with van der Waals surface area (Å²) in [5, 5.41) is 0. The van der Waals surface area contributed by atoms with E-state index in [0.717, 1.165) is 5.56 Å². The number of rotatable bonds is 1. The molecule has 1 aromatic rings. The standard InChI is InChI=1S/C12H16O2.C2H6/c1-9-5-4-6-11(10(9)2)12(3)13-7-8-14-12;1-2/h4-6H,7-8H2,1-3H3;1-2H3. The molecule has 1 aromatic carbocycles. The van der Waals surface area contributed by atoms with E-state index in [1.165, 1.54) is 11.1 Å². The van der Waals surface area contributed by atoms with E-state index in [9.17, 15) is 0 Å². The molecule has 1 fully saturated rings. The summed E-state index contributed by atoms with van der Waals surface area (Å²) in [5.41, 5.74) is 3.69. The molecule has 90 valence electrons. The minimum absolute atomic E-state index is 0.532. The number of aryl methyl sites for hydroxylation is 1. The molecule has 0 amide bonds. The minimum atomic E-state index is -0.532. The fourth-order valence-electron chi connectivity index (χ4n) is 1.91. The van der Waals surface area contributed by atoms with E-state index in [1.54, 1.807) is 0 Å². The predicted molar refractivity (Wildman–Crippen MR) is 66.5 cm³/mol. The topological polar surface area (TPSA) is 18.5 Å². The Hall–Kier alpha value is -0.860. The van der Waals surface area contributed by atoms with E-state index < -0.39 is 5.79 Å². The molecular formula is C14H22O2. The Morgan fingerprint density at radius 2 is 1.62 bits per heavy atom. The van der Waals surface area contributed by atoms with Crippen LogP contribution in [-0.4, -0.2) is 13.2 Å². The average molecular weight is 222 g/mol. The molecule has 0 N–H and O–H groups in total. The van der Waals surface area contributed by atoms with Gasteiger partial charge in [-0.25, -0.2) is 0 Å². The maximum absolute atomic E-state index is 5.64. The van der Waals surface area contributed by atoms with Crippen LogP contribution in [0, 0.1) is 13.8 Å². The van der Waals surface area contributed by atoms with Gasteiger partial charge in [-0.3, -0.25) is 0 Å². The molecule has 0 unspecified atom stereocenters. The molecule has 0 spiro atoms. The smallest absolute Gasteiger partial charge is 0.192 e. The maximum Gasteiger partial charge on any atom is 0.192 e. The molecule has 1 aliphatic rings. The van der Waals surface area contributed by atoms with Gasteiger partial charge < -0.3 is 9.47 Å². The van der Waals surface area contributed by atoms with Gasteiger partial charge in [-0.2, -0.15) is 0 Å². The molecule has 1 heterocycles. The van der Waals surface area contributed by atoms with Crippen molar-refractivity contribution in [2.45, 2.75) is 40.4 Å². The fourth-order valence-corrected chi connectivity index (χ4v) is 1.91.